The summed E-state index contributed by atoms with van der Waals surface area (Å²) in [6.07, 6.45) is 2.28. The number of hydrogen-bond acceptors (Lipinski definition) is 6. The number of nitrogens with zero attached hydrogens (tertiary/aromatic N) is 2. The molecule has 0 heterocycles. The Kier molecular flexibility index (Phi) is 11.9. The van der Waals surface area contributed by atoms with Crippen molar-refractivity contribution in [1.82, 2.24) is 10.2 Å². The Morgan fingerprint density at radius 2 is 1.71 bits per heavy atom. The van der Waals surface area contributed by atoms with E-state index in [2.05, 4.69) is 5.32 Å². The summed E-state index contributed by atoms with van der Waals surface area (Å²) in [5.41, 5.74) is 1.32. The molecular formula is C28H41N3O6S. The maximum absolute atomic E-state index is 13.4. The predicted molar refractivity (Wildman–Crippen MR) is 150 cm³/mol. The fraction of sp³-hybridized carbons (Fsp3) is 0.500. The number of nitrogens with one attached hydrogen (secondary N) is 1. The van der Waals surface area contributed by atoms with Gasteiger partial charge in [-0.1, -0.05) is 19.1 Å². The number of ether oxygens (including phenoxy) is 2. The molecule has 1 N–H and O–H groups in total. The second kappa shape index (κ2) is 14.6. The second-order valence-corrected chi connectivity index (χ2v) is 11.1. The lowest BCUT2D eigenvalue weighted by atomic mass is 10.1. The first-order valence-electron chi connectivity index (χ1n) is 12.9. The zero-order valence-electron chi connectivity index (χ0n) is 23.3. The van der Waals surface area contributed by atoms with Crippen LogP contribution in [0.3, 0.4) is 0 Å². The Labute approximate surface area is 227 Å². The van der Waals surface area contributed by atoms with Gasteiger partial charge in [-0.2, -0.15) is 0 Å². The molecule has 0 radical (unpaired) electrons. The average Bonchev–Trinajstić information content (AvgIpc) is 2.89. The van der Waals surface area contributed by atoms with E-state index < -0.39 is 16.1 Å². The van der Waals surface area contributed by atoms with Gasteiger partial charge >= 0.3 is 0 Å². The lowest BCUT2D eigenvalue weighted by Crippen LogP contribution is -2.49. The Morgan fingerprint density at radius 3 is 2.29 bits per heavy atom. The molecule has 0 spiro atoms. The summed E-state index contributed by atoms with van der Waals surface area (Å²) in [5.74, 6) is 0.839. The van der Waals surface area contributed by atoms with Crippen LogP contribution in [0, 0.1) is 0 Å². The molecule has 38 heavy (non-hydrogen) atoms. The number of carbonyl (C=O) groups excluding carboxylic acids is 2. The lowest BCUT2D eigenvalue weighted by molar-refractivity contribution is -0.140. The first kappa shape index (κ1) is 31.0. The third kappa shape index (κ3) is 9.24. The van der Waals surface area contributed by atoms with E-state index in [1.54, 1.807) is 38.3 Å². The molecular weight excluding hydrogens is 506 g/mol. The lowest BCUT2D eigenvalue weighted by Gasteiger charge is -2.30. The van der Waals surface area contributed by atoms with Gasteiger partial charge in [0, 0.05) is 25.6 Å². The topological polar surface area (TPSA) is 105 Å². The highest BCUT2D eigenvalue weighted by atomic mass is 32.2. The third-order valence-electron chi connectivity index (χ3n) is 6.24. The molecule has 0 aliphatic heterocycles. The molecule has 0 saturated heterocycles. The molecule has 2 rings (SSSR count). The van der Waals surface area contributed by atoms with Gasteiger partial charge in [0.15, 0.2) is 0 Å². The van der Waals surface area contributed by atoms with Crippen molar-refractivity contribution in [1.29, 1.82) is 0 Å². The first-order chi connectivity index (χ1) is 18.0. The summed E-state index contributed by atoms with van der Waals surface area (Å²) in [6.45, 7) is 8.33. The molecule has 2 unspecified atom stereocenters. The van der Waals surface area contributed by atoms with Crippen LogP contribution in [0.25, 0.3) is 0 Å². The summed E-state index contributed by atoms with van der Waals surface area (Å²) in [6, 6.07) is 13.4. The fourth-order valence-electron chi connectivity index (χ4n) is 3.89. The minimum Gasteiger partial charge on any atom is -0.497 e. The number of methoxy groups -OCH3 is 1. The third-order valence-corrected chi connectivity index (χ3v) is 7.44. The van der Waals surface area contributed by atoms with Gasteiger partial charge in [0.1, 0.15) is 17.5 Å². The quantitative estimate of drug-likeness (QED) is 0.362. The Balaban J connectivity index is 2.18. The number of benzene rings is 2. The number of anilines is 1. The Morgan fingerprint density at radius 1 is 1.03 bits per heavy atom. The average molecular weight is 548 g/mol. The van der Waals surface area contributed by atoms with Crippen molar-refractivity contribution in [3.05, 3.63) is 54.1 Å². The van der Waals surface area contributed by atoms with Gasteiger partial charge in [0.2, 0.25) is 21.8 Å². The summed E-state index contributed by atoms with van der Waals surface area (Å²) in [5, 5.41) is 2.95. The largest absolute Gasteiger partial charge is 0.497 e. The summed E-state index contributed by atoms with van der Waals surface area (Å²) in [4.78, 5) is 27.9. The van der Waals surface area contributed by atoms with Crippen LogP contribution in [0.2, 0.25) is 0 Å². The van der Waals surface area contributed by atoms with Crippen LogP contribution in [-0.2, 0) is 26.2 Å². The van der Waals surface area contributed by atoms with Crippen molar-refractivity contribution in [3.8, 4) is 11.5 Å². The standard InChI is InChI=1S/C28H41N3O6S/c1-7-21(3)29-28(33)22(4)30(20-23-11-9-12-26(19-23)36-5)27(32)13-10-18-31(38(6,34)35)24-14-16-25(17-15-24)37-8-2/h9,11-12,14-17,19,21-22H,7-8,10,13,18,20H2,1-6H3,(H,29,33). The molecule has 0 saturated carbocycles. The van der Waals surface area contributed by atoms with E-state index in [-0.39, 0.29) is 43.8 Å². The van der Waals surface area contributed by atoms with E-state index in [0.717, 1.165) is 18.2 Å². The summed E-state index contributed by atoms with van der Waals surface area (Å²) in [7, 11) is -2.00. The molecule has 0 fully saturated rings. The van der Waals surface area contributed by atoms with Gasteiger partial charge in [-0.15, -0.1) is 0 Å². The van der Waals surface area contributed by atoms with Crippen LogP contribution in [0.1, 0.15) is 52.5 Å². The predicted octanol–water partition coefficient (Wildman–Crippen LogP) is 3.97. The van der Waals surface area contributed by atoms with Crippen LogP contribution in [0.5, 0.6) is 11.5 Å². The molecule has 2 atom stereocenters. The highest BCUT2D eigenvalue weighted by Crippen LogP contribution is 2.23. The molecule has 9 nitrogen and oxygen atoms in total. The normalized spacial score (nSPS) is 12.8. The van der Waals surface area contributed by atoms with Crippen molar-refractivity contribution in [2.45, 2.75) is 65.6 Å². The molecule has 2 aromatic carbocycles. The SMILES string of the molecule is CCOc1ccc(N(CCCC(=O)N(Cc2cccc(OC)c2)C(C)C(=O)NC(C)CC)S(C)(=O)=O)cc1. The molecule has 0 aromatic heterocycles. The Hall–Kier alpha value is -3.27. The molecule has 10 heteroatoms. The molecule has 0 bridgehead atoms. The summed E-state index contributed by atoms with van der Waals surface area (Å²) < 4.78 is 37.1. The maximum atomic E-state index is 13.4. The number of carbonyl (C=O) groups is 2. The molecule has 210 valence electrons. The van der Waals surface area contributed by atoms with Gasteiger partial charge in [-0.3, -0.25) is 13.9 Å². The fourth-order valence-corrected chi connectivity index (χ4v) is 4.86. The zero-order chi connectivity index (χ0) is 28.3. The van der Waals surface area contributed by atoms with Crippen LogP contribution in [0.4, 0.5) is 5.69 Å². The van der Waals surface area contributed by atoms with Crippen LogP contribution in [0.15, 0.2) is 48.5 Å². The number of hydrogen-bond donors (Lipinski definition) is 1. The van der Waals surface area contributed by atoms with Crippen LogP contribution < -0.4 is 19.1 Å². The molecule has 0 aliphatic carbocycles. The van der Waals surface area contributed by atoms with Gasteiger partial charge in [-0.05, 0) is 75.6 Å². The highest BCUT2D eigenvalue weighted by Gasteiger charge is 2.27. The van der Waals surface area contributed by atoms with E-state index >= 15 is 0 Å². The van der Waals surface area contributed by atoms with E-state index in [9.17, 15) is 18.0 Å². The summed E-state index contributed by atoms with van der Waals surface area (Å²) >= 11 is 0. The second-order valence-electron chi connectivity index (χ2n) is 9.23. The van der Waals surface area contributed by atoms with Gasteiger partial charge in [0.25, 0.3) is 0 Å². The number of amides is 2. The van der Waals surface area contributed by atoms with Crippen LogP contribution in [-0.4, -0.2) is 63.7 Å². The number of sulfonamides is 1. The molecule has 2 aromatic rings. The van der Waals surface area contributed by atoms with E-state index in [1.807, 2.05) is 45.0 Å². The number of rotatable bonds is 15. The van der Waals surface area contributed by atoms with Crippen molar-refractivity contribution in [2.75, 3.05) is 30.8 Å². The molecule has 2 amide bonds. The van der Waals surface area contributed by atoms with Gasteiger partial charge in [-0.25, -0.2) is 8.42 Å². The zero-order valence-corrected chi connectivity index (χ0v) is 24.1. The van der Waals surface area contributed by atoms with Crippen molar-refractivity contribution in [2.24, 2.45) is 0 Å². The van der Waals surface area contributed by atoms with Gasteiger partial charge < -0.3 is 19.7 Å². The smallest absolute Gasteiger partial charge is 0.242 e. The highest BCUT2D eigenvalue weighted by molar-refractivity contribution is 7.92. The van der Waals surface area contributed by atoms with Crippen molar-refractivity contribution < 1.29 is 27.5 Å². The van der Waals surface area contributed by atoms with E-state index in [0.29, 0.717) is 23.8 Å². The minimum atomic E-state index is -3.57. The molecule has 0 aliphatic rings. The van der Waals surface area contributed by atoms with Crippen molar-refractivity contribution in [3.63, 3.8) is 0 Å². The van der Waals surface area contributed by atoms with Crippen molar-refractivity contribution >= 4 is 27.5 Å². The monoisotopic (exact) mass is 547 g/mol. The maximum Gasteiger partial charge on any atom is 0.242 e. The first-order valence-corrected chi connectivity index (χ1v) is 14.8. The van der Waals surface area contributed by atoms with E-state index in [4.69, 9.17) is 9.47 Å². The van der Waals surface area contributed by atoms with Gasteiger partial charge in [0.05, 0.1) is 25.7 Å². The minimum absolute atomic E-state index is 0.0174. The van der Waals surface area contributed by atoms with Crippen LogP contribution >= 0.6 is 0 Å². The van der Waals surface area contributed by atoms with E-state index in [1.165, 1.54) is 9.21 Å². The Bertz CT molecular complexity index is 1150.